The molecule has 2 heterocycles. The van der Waals surface area contributed by atoms with Gasteiger partial charge < -0.3 is 5.73 Å². The molecule has 0 aliphatic heterocycles. The van der Waals surface area contributed by atoms with Crippen molar-refractivity contribution in [2.75, 3.05) is 6.54 Å². The van der Waals surface area contributed by atoms with E-state index in [0.717, 1.165) is 6.42 Å². The van der Waals surface area contributed by atoms with Crippen molar-refractivity contribution in [3.05, 3.63) is 34.9 Å². The van der Waals surface area contributed by atoms with Crippen molar-refractivity contribution in [1.29, 1.82) is 0 Å². The van der Waals surface area contributed by atoms with Crippen LogP contribution < -0.4 is 11.4 Å². The summed E-state index contributed by atoms with van der Waals surface area (Å²) in [5.41, 5.74) is 6.30. The number of aryl methyl sites for hydroxylation is 1. The summed E-state index contributed by atoms with van der Waals surface area (Å²) in [6.07, 6.45) is 2.57. The molecule has 5 heteroatoms. The molecule has 2 rings (SSSR count). The van der Waals surface area contributed by atoms with Crippen LogP contribution in [0.5, 0.6) is 0 Å². The van der Waals surface area contributed by atoms with E-state index in [1.807, 2.05) is 18.2 Å². The summed E-state index contributed by atoms with van der Waals surface area (Å²) < 4.78 is 3.06. The smallest absolute Gasteiger partial charge is 0.330 e. The Labute approximate surface area is 99.9 Å². The van der Waals surface area contributed by atoms with Crippen LogP contribution in [-0.4, -0.2) is 20.7 Å². The van der Waals surface area contributed by atoms with E-state index in [1.165, 1.54) is 4.68 Å². The van der Waals surface area contributed by atoms with Gasteiger partial charge in [-0.3, -0.25) is 4.40 Å². The van der Waals surface area contributed by atoms with E-state index in [-0.39, 0.29) is 11.1 Å². The lowest BCUT2D eigenvalue weighted by Gasteiger charge is -2.21. The molecule has 0 saturated carbocycles. The number of fused-ring (bicyclic) bond motifs is 1. The first-order valence-electron chi connectivity index (χ1n) is 5.78. The maximum Gasteiger partial charge on any atom is 0.350 e. The highest BCUT2D eigenvalue weighted by Crippen LogP contribution is 2.18. The lowest BCUT2D eigenvalue weighted by atomic mass is 9.90. The second kappa shape index (κ2) is 4.33. The molecule has 0 aromatic carbocycles. The van der Waals surface area contributed by atoms with Crippen molar-refractivity contribution < 1.29 is 0 Å². The number of pyridine rings is 1. The molecule has 0 aliphatic carbocycles. The van der Waals surface area contributed by atoms with Gasteiger partial charge in [0.2, 0.25) is 0 Å². The molecule has 0 saturated heterocycles. The summed E-state index contributed by atoms with van der Waals surface area (Å²) in [5.74, 6) is 0. The number of nitrogens with zero attached hydrogens (tertiary/aromatic N) is 3. The zero-order chi connectivity index (χ0) is 12.5. The summed E-state index contributed by atoms with van der Waals surface area (Å²) >= 11 is 0. The van der Waals surface area contributed by atoms with Gasteiger partial charge in [-0.15, -0.1) is 5.10 Å². The largest absolute Gasteiger partial charge is 0.350 e. The standard InChI is InChI=1S/C12H18N4O/c1-12(2,9-13)6-8-16-11(17)15-7-4-3-5-10(15)14-16/h3-5,7H,6,8-9,13H2,1-2H3. The van der Waals surface area contributed by atoms with Crippen molar-refractivity contribution in [3.8, 4) is 0 Å². The molecular formula is C12H18N4O. The normalized spacial score (nSPS) is 12.2. The van der Waals surface area contributed by atoms with Gasteiger partial charge in [0.15, 0.2) is 5.65 Å². The molecule has 5 nitrogen and oxygen atoms in total. The lowest BCUT2D eigenvalue weighted by molar-refractivity contribution is 0.314. The molecule has 0 unspecified atom stereocenters. The molecule has 0 radical (unpaired) electrons. The van der Waals surface area contributed by atoms with E-state index in [2.05, 4.69) is 18.9 Å². The fourth-order valence-electron chi connectivity index (χ4n) is 1.62. The van der Waals surface area contributed by atoms with E-state index in [0.29, 0.717) is 18.7 Å². The molecule has 92 valence electrons. The minimum atomic E-state index is -0.0894. The van der Waals surface area contributed by atoms with Gasteiger partial charge in [-0.2, -0.15) is 0 Å². The van der Waals surface area contributed by atoms with Gasteiger partial charge in [0.25, 0.3) is 0 Å². The van der Waals surface area contributed by atoms with Crippen molar-refractivity contribution in [1.82, 2.24) is 14.2 Å². The maximum absolute atomic E-state index is 12.0. The van der Waals surface area contributed by atoms with Gasteiger partial charge >= 0.3 is 5.69 Å². The quantitative estimate of drug-likeness (QED) is 0.853. The second-order valence-electron chi connectivity index (χ2n) is 5.05. The lowest BCUT2D eigenvalue weighted by Crippen LogP contribution is -2.28. The van der Waals surface area contributed by atoms with Gasteiger partial charge in [-0.25, -0.2) is 9.48 Å². The number of aromatic nitrogens is 3. The first-order valence-corrected chi connectivity index (χ1v) is 5.78. The molecule has 0 spiro atoms. The van der Waals surface area contributed by atoms with Crippen LogP contribution in [0.25, 0.3) is 5.65 Å². The van der Waals surface area contributed by atoms with E-state index in [9.17, 15) is 4.79 Å². The summed E-state index contributed by atoms with van der Waals surface area (Å²) in [6, 6.07) is 5.52. The summed E-state index contributed by atoms with van der Waals surface area (Å²) in [4.78, 5) is 12.0. The molecule has 0 fully saturated rings. The Balaban J connectivity index is 2.25. The first-order chi connectivity index (χ1) is 8.03. The Morgan fingerprint density at radius 3 is 2.82 bits per heavy atom. The van der Waals surface area contributed by atoms with Crippen LogP contribution >= 0.6 is 0 Å². The van der Waals surface area contributed by atoms with Crippen LogP contribution in [0.4, 0.5) is 0 Å². The average molecular weight is 234 g/mol. The highest BCUT2D eigenvalue weighted by atomic mass is 16.2. The topological polar surface area (TPSA) is 65.3 Å². The minimum Gasteiger partial charge on any atom is -0.330 e. The molecular weight excluding hydrogens is 216 g/mol. The zero-order valence-electron chi connectivity index (χ0n) is 10.3. The van der Waals surface area contributed by atoms with Crippen LogP contribution in [0.2, 0.25) is 0 Å². The highest BCUT2D eigenvalue weighted by molar-refractivity contribution is 5.35. The van der Waals surface area contributed by atoms with Crippen LogP contribution in [0.3, 0.4) is 0 Å². The Kier molecular flexibility index (Phi) is 3.02. The van der Waals surface area contributed by atoms with Gasteiger partial charge in [0, 0.05) is 12.7 Å². The number of hydrogen-bond donors (Lipinski definition) is 1. The zero-order valence-corrected chi connectivity index (χ0v) is 10.3. The summed E-state index contributed by atoms with van der Waals surface area (Å²) in [7, 11) is 0. The minimum absolute atomic E-state index is 0.0369. The molecule has 0 atom stereocenters. The monoisotopic (exact) mass is 234 g/mol. The summed E-state index contributed by atoms with van der Waals surface area (Å²) in [5, 5.41) is 4.28. The van der Waals surface area contributed by atoms with E-state index < -0.39 is 0 Å². The van der Waals surface area contributed by atoms with Crippen molar-refractivity contribution in [2.24, 2.45) is 11.1 Å². The van der Waals surface area contributed by atoms with Crippen molar-refractivity contribution in [3.63, 3.8) is 0 Å². The predicted octanol–water partition coefficient (Wildman–Crippen LogP) is 0.871. The Hall–Kier alpha value is -1.62. The Bertz CT molecular complexity index is 567. The predicted molar refractivity (Wildman–Crippen MR) is 66.9 cm³/mol. The molecule has 0 amide bonds. The molecule has 2 aromatic rings. The second-order valence-corrected chi connectivity index (χ2v) is 5.05. The molecule has 2 aromatic heterocycles. The molecule has 0 aliphatic rings. The first kappa shape index (κ1) is 11.9. The van der Waals surface area contributed by atoms with Crippen molar-refractivity contribution in [2.45, 2.75) is 26.8 Å². The van der Waals surface area contributed by atoms with Crippen LogP contribution in [-0.2, 0) is 6.54 Å². The third-order valence-electron chi connectivity index (χ3n) is 3.04. The van der Waals surface area contributed by atoms with E-state index in [1.54, 1.807) is 10.6 Å². The molecule has 0 bridgehead atoms. The van der Waals surface area contributed by atoms with Crippen molar-refractivity contribution >= 4 is 5.65 Å². The highest BCUT2D eigenvalue weighted by Gasteiger charge is 2.16. The fourth-order valence-corrected chi connectivity index (χ4v) is 1.62. The summed E-state index contributed by atoms with van der Waals surface area (Å²) in [6.45, 7) is 5.39. The van der Waals surface area contributed by atoms with Gasteiger partial charge in [-0.05, 0) is 30.5 Å². The number of nitrogens with two attached hydrogens (primary N) is 1. The number of rotatable bonds is 4. The third-order valence-corrected chi connectivity index (χ3v) is 3.04. The van der Waals surface area contributed by atoms with E-state index >= 15 is 0 Å². The van der Waals surface area contributed by atoms with Crippen LogP contribution in [0.1, 0.15) is 20.3 Å². The number of hydrogen-bond acceptors (Lipinski definition) is 3. The average Bonchev–Trinajstić information content (AvgIpc) is 2.65. The molecule has 17 heavy (non-hydrogen) atoms. The van der Waals surface area contributed by atoms with Gasteiger partial charge in [0.1, 0.15) is 0 Å². The van der Waals surface area contributed by atoms with E-state index in [4.69, 9.17) is 5.73 Å². The van der Waals surface area contributed by atoms with Crippen LogP contribution in [0, 0.1) is 5.41 Å². The fraction of sp³-hybridized carbons (Fsp3) is 0.500. The van der Waals surface area contributed by atoms with Gasteiger partial charge in [-0.1, -0.05) is 19.9 Å². The third kappa shape index (κ3) is 2.39. The maximum atomic E-state index is 12.0. The molecule has 2 N–H and O–H groups in total. The Morgan fingerprint density at radius 2 is 2.18 bits per heavy atom. The Morgan fingerprint density at radius 1 is 1.41 bits per heavy atom. The SMILES string of the molecule is CC(C)(CN)CCn1nc2ccccn2c1=O. The van der Waals surface area contributed by atoms with Gasteiger partial charge in [0.05, 0.1) is 0 Å². The van der Waals surface area contributed by atoms with Crippen LogP contribution in [0.15, 0.2) is 29.2 Å².